The van der Waals surface area contributed by atoms with Gasteiger partial charge in [-0.3, -0.25) is 4.79 Å². The highest BCUT2D eigenvalue weighted by atomic mass is 16.5. The highest BCUT2D eigenvalue weighted by molar-refractivity contribution is 5.75. The van der Waals surface area contributed by atoms with Crippen molar-refractivity contribution in [2.45, 2.75) is 6.04 Å². The number of likely N-dealkylation sites (N-methyl/N-ethyl adjacent to an activating group) is 1. The smallest absolute Gasteiger partial charge is 0.325 e. The van der Waals surface area contributed by atoms with Crippen LogP contribution < -0.4 is 10.1 Å². The normalized spacial score (nSPS) is 12.1. The molecule has 4 nitrogen and oxygen atoms in total. The van der Waals surface area contributed by atoms with Gasteiger partial charge in [-0.05, 0) is 24.7 Å². The fraction of sp³-hybridized carbons (Fsp3) is 0.300. The van der Waals surface area contributed by atoms with Gasteiger partial charge in [-0.1, -0.05) is 12.1 Å². The summed E-state index contributed by atoms with van der Waals surface area (Å²) in [6, 6.07) is 6.30. The molecule has 0 fully saturated rings. The Hall–Kier alpha value is -1.55. The van der Waals surface area contributed by atoms with Gasteiger partial charge in [0.2, 0.25) is 0 Å². The second kappa shape index (κ2) is 4.62. The van der Waals surface area contributed by atoms with Crippen molar-refractivity contribution in [1.29, 1.82) is 0 Å². The molecule has 1 aromatic rings. The van der Waals surface area contributed by atoms with E-state index in [4.69, 9.17) is 9.84 Å². The van der Waals surface area contributed by atoms with Gasteiger partial charge in [0.25, 0.3) is 0 Å². The first-order chi connectivity index (χ1) is 6.69. The van der Waals surface area contributed by atoms with Crippen molar-refractivity contribution in [3.8, 4) is 5.75 Å². The fourth-order valence-electron chi connectivity index (χ4n) is 1.25. The lowest BCUT2D eigenvalue weighted by Crippen LogP contribution is -2.24. The lowest BCUT2D eigenvalue weighted by molar-refractivity contribution is -0.139. The number of methoxy groups -OCH3 is 1. The summed E-state index contributed by atoms with van der Waals surface area (Å²) in [4.78, 5) is 10.8. The minimum atomic E-state index is -0.902. The second-order valence-electron chi connectivity index (χ2n) is 2.84. The Kier molecular flexibility index (Phi) is 3.48. The molecule has 0 heterocycles. The van der Waals surface area contributed by atoms with Crippen molar-refractivity contribution in [2.24, 2.45) is 0 Å². The van der Waals surface area contributed by atoms with Crippen LogP contribution in [0, 0.1) is 0 Å². The van der Waals surface area contributed by atoms with Gasteiger partial charge in [0.1, 0.15) is 11.8 Å². The first-order valence-electron chi connectivity index (χ1n) is 4.23. The number of hydrogen-bond acceptors (Lipinski definition) is 3. The van der Waals surface area contributed by atoms with Crippen LogP contribution in [0.5, 0.6) is 5.75 Å². The number of aliphatic carboxylic acids is 1. The maximum Gasteiger partial charge on any atom is 0.325 e. The fourth-order valence-corrected chi connectivity index (χ4v) is 1.25. The van der Waals surface area contributed by atoms with Crippen LogP contribution >= 0.6 is 0 Å². The Bertz CT molecular complexity index is 325. The first kappa shape index (κ1) is 10.5. The Morgan fingerprint density at radius 1 is 1.57 bits per heavy atom. The van der Waals surface area contributed by atoms with Crippen LogP contribution in [0.15, 0.2) is 24.3 Å². The molecule has 76 valence electrons. The number of carboxylic acid groups (broad SMARTS) is 1. The topological polar surface area (TPSA) is 58.6 Å². The molecule has 2 N–H and O–H groups in total. The third-order valence-electron chi connectivity index (χ3n) is 1.96. The van der Waals surface area contributed by atoms with Gasteiger partial charge in [0.05, 0.1) is 7.11 Å². The van der Waals surface area contributed by atoms with E-state index in [0.717, 1.165) is 0 Å². The SMILES string of the molecule is CN[C@@H](C(=O)O)c1cccc(OC)c1. The van der Waals surface area contributed by atoms with Crippen LogP contribution in [-0.2, 0) is 4.79 Å². The number of benzene rings is 1. The van der Waals surface area contributed by atoms with Crippen molar-refractivity contribution in [1.82, 2.24) is 5.32 Å². The summed E-state index contributed by atoms with van der Waals surface area (Å²) < 4.78 is 5.01. The Morgan fingerprint density at radius 3 is 2.79 bits per heavy atom. The number of ether oxygens (including phenoxy) is 1. The van der Waals surface area contributed by atoms with E-state index in [2.05, 4.69) is 5.32 Å². The van der Waals surface area contributed by atoms with Crippen molar-refractivity contribution in [3.63, 3.8) is 0 Å². The van der Waals surface area contributed by atoms with Crippen molar-refractivity contribution < 1.29 is 14.6 Å². The first-order valence-corrected chi connectivity index (χ1v) is 4.23. The van der Waals surface area contributed by atoms with E-state index < -0.39 is 12.0 Å². The molecule has 0 aliphatic carbocycles. The zero-order valence-electron chi connectivity index (χ0n) is 8.15. The van der Waals surface area contributed by atoms with E-state index in [0.29, 0.717) is 11.3 Å². The lowest BCUT2D eigenvalue weighted by atomic mass is 10.1. The van der Waals surface area contributed by atoms with E-state index in [1.165, 1.54) is 0 Å². The summed E-state index contributed by atoms with van der Waals surface area (Å²) in [6.45, 7) is 0. The van der Waals surface area contributed by atoms with Gasteiger partial charge >= 0.3 is 5.97 Å². The molecule has 0 aromatic heterocycles. The van der Waals surface area contributed by atoms with Gasteiger partial charge in [-0.15, -0.1) is 0 Å². The molecule has 14 heavy (non-hydrogen) atoms. The van der Waals surface area contributed by atoms with Crippen LogP contribution in [0.2, 0.25) is 0 Å². The molecule has 0 amide bonds. The van der Waals surface area contributed by atoms with Crippen molar-refractivity contribution >= 4 is 5.97 Å². The maximum absolute atomic E-state index is 10.8. The summed E-state index contributed by atoms with van der Waals surface area (Å²) in [5, 5.41) is 11.6. The molecule has 0 spiro atoms. The highest BCUT2D eigenvalue weighted by Gasteiger charge is 2.17. The summed E-state index contributed by atoms with van der Waals surface area (Å²) in [5.74, 6) is -0.246. The predicted octanol–water partition coefficient (Wildman–Crippen LogP) is 1.04. The Morgan fingerprint density at radius 2 is 2.29 bits per heavy atom. The minimum absolute atomic E-state index is 0.656. The predicted molar refractivity (Wildman–Crippen MR) is 52.4 cm³/mol. The third-order valence-corrected chi connectivity index (χ3v) is 1.96. The summed E-state index contributed by atoms with van der Waals surface area (Å²) in [5.41, 5.74) is 0.680. The zero-order chi connectivity index (χ0) is 10.6. The van der Waals surface area contributed by atoms with Gasteiger partial charge in [0, 0.05) is 0 Å². The molecule has 0 radical (unpaired) electrons. The molecule has 0 unspecified atom stereocenters. The number of nitrogens with one attached hydrogen (secondary N) is 1. The highest BCUT2D eigenvalue weighted by Crippen LogP contribution is 2.18. The van der Waals surface area contributed by atoms with Crippen LogP contribution in [0.1, 0.15) is 11.6 Å². The van der Waals surface area contributed by atoms with E-state index >= 15 is 0 Å². The molecular weight excluding hydrogens is 182 g/mol. The van der Waals surface area contributed by atoms with Gasteiger partial charge in [0.15, 0.2) is 0 Å². The number of hydrogen-bond donors (Lipinski definition) is 2. The van der Waals surface area contributed by atoms with Gasteiger partial charge in [-0.25, -0.2) is 0 Å². The van der Waals surface area contributed by atoms with Crippen LogP contribution in [-0.4, -0.2) is 25.2 Å². The average Bonchev–Trinajstić information content (AvgIpc) is 2.19. The average molecular weight is 195 g/mol. The molecule has 0 bridgehead atoms. The minimum Gasteiger partial charge on any atom is -0.497 e. The van der Waals surface area contributed by atoms with Crippen molar-refractivity contribution in [3.05, 3.63) is 29.8 Å². The van der Waals surface area contributed by atoms with Gasteiger partial charge in [-0.2, -0.15) is 0 Å². The van der Waals surface area contributed by atoms with Gasteiger partial charge < -0.3 is 15.2 Å². The molecule has 1 rings (SSSR count). The van der Waals surface area contributed by atoms with E-state index in [9.17, 15) is 4.79 Å². The monoisotopic (exact) mass is 195 g/mol. The van der Waals surface area contributed by atoms with Crippen molar-refractivity contribution in [2.75, 3.05) is 14.2 Å². The molecular formula is C10H13NO3. The number of carboxylic acids is 1. The van der Waals surface area contributed by atoms with Crippen LogP contribution in [0.25, 0.3) is 0 Å². The Balaban J connectivity index is 2.98. The van der Waals surface area contributed by atoms with E-state index in [1.807, 2.05) is 0 Å². The summed E-state index contributed by atoms with van der Waals surface area (Å²) >= 11 is 0. The van der Waals surface area contributed by atoms with E-state index in [-0.39, 0.29) is 0 Å². The molecule has 4 heteroatoms. The second-order valence-corrected chi connectivity index (χ2v) is 2.84. The maximum atomic E-state index is 10.8. The van der Waals surface area contributed by atoms with Crippen LogP contribution in [0.3, 0.4) is 0 Å². The number of carbonyl (C=O) groups is 1. The quantitative estimate of drug-likeness (QED) is 0.753. The number of rotatable bonds is 4. The summed E-state index contributed by atoms with van der Waals surface area (Å²) in [6.07, 6.45) is 0. The molecule has 1 aromatic carbocycles. The third kappa shape index (κ3) is 2.23. The molecule has 1 atom stereocenters. The van der Waals surface area contributed by atoms with Crippen LogP contribution in [0.4, 0.5) is 0 Å². The molecule has 0 aliphatic heterocycles. The lowest BCUT2D eigenvalue weighted by Gasteiger charge is -2.12. The molecule has 0 saturated heterocycles. The molecule has 0 aliphatic rings. The zero-order valence-corrected chi connectivity index (χ0v) is 8.15. The largest absolute Gasteiger partial charge is 0.497 e. The van der Waals surface area contributed by atoms with E-state index in [1.54, 1.807) is 38.4 Å². The summed E-state index contributed by atoms with van der Waals surface area (Å²) in [7, 11) is 3.16. The molecule has 0 saturated carbocycles. The Labute approximate surface area is 82.5 Å². The standard InChI is InChI=1S/C10H13NO3/c1-11-9(10(12)13)7-4-3-5-8(6-7)14-2/h3-6,9,11H,1-2H3,(H,12,13)/t9-/m1/s1.